The fourth-order valence-corrected chi connectivity index (χ4v) is 0.842. The largest absolute Gasteiger partial charge is 0.412 e. The van der Waals surface area contributed by atoms with Gasteiger partial charge in [-0.3, -0.25) is 0 Å². The van der Waals surface area contributed by atoms with Gasteiger partial charge in [-0.15, -0.1) is 0 Å². The van der Waals surface area contributed by atoms with E-state index in [-0.39, 0.29) is 5.56 Å². The Morgan fingerprint density at radius 1 is 1.31 bits per heavy atom. The van der Waals surface area contributed by atoms with Gasteiger partial charge in [-0.25, -0.2) is 9.74 Å². The van der Waals surface area contributed by atoms with E-state index in [2.05, 4.69) is 4.94 Å². The molecule has 1 rings (SSSR count). The molecule has 0 atom stereocenters. The van der Waals surface area contributed by atoms with Gasteiger partial charge in [0, 0.05) is 10.1 Å². The normalized spacial score (nSPS) is 11.0. The van der Waals surface area contributed by atoms with E-state index in [1.165, 1.54) is 24.3 Å². The quantitative estimate of drug-likeness (QED) is 0.650. The highest BCUT2D eigenvalue weighted by atomic mass is 19.3. The summed E-state index contributed by atoms with van der Waals surface area (Å²) in [7, 11) is 0. The second-order valence-electron chi connectivity index (χ2n) is 2.40. The predicted octanol–water partition coefficient (Wildman–Crippen LogP) is 0.252. The molecule has 5 heteroatoms. The van der Waals surface area contributed by atoms with E-state index in [1.807, 2.05) is 0 Å². The summed E-state index contributed by atoms with van der Waals surface area (Å²) >= 11 is 0. The SMILES string of the molecule is O=C(OF)C(O)(O)c1ccccc1. The van der Waals surface area contributed by atoms with Gasteiger partial charge in [0.15, 0.2) is 0 Å². The highest BCUT2D eigenvalue weighted by molar-refractivity contribution is 5.78. The molecule has 0 aliphatic carbocycles. The van der Waals surface area contributed by atoms with Crippen LogP contribution in [0.25, 0.3) is 0 Å². The second-order valence-corrected chi connectivity index (χ2v) is 2.40. The summed E-state index contributed by atoms with van der Waals surface area (Å²) in [6.45, 7) is 0. The van der Waals surface area contributed by atoms with Crippen molar-refractivity contribution in [1.29, 1.82) is 0 Å². The first-order valence-electron chi connectivity index (χ1n) is 3.42. The summed E-state index contributed by atoms with van der Waals surface area (Å²) in [5.74, 6) is -4.70. The van der Waals surface area contributed by atoms with Gasteiger partial charge in [0.1, 0.15) is 0 Å². The molecule has 0 aromatic heterocycles. The molecule has 0 amide bonds. The van der Waals surface area contributed by atoms with Gasteiger partial charge < -0.3 is 10.2 Å². The molecule has 0 spiro atoms. The van der Waals surface area contributed by atoms with Crippen LogP contribution in [0.3, 0.4) is 0 Å². The van der Waals surface area contributed by atoms with E-state index in [1.54, 1.807) is 6.07 Å². The van der Waals surface area contributed by atoms with Crippen LogP contribution in [-0.2, 0) is 15.5 Å². The van der Waals surface area contributed by atoms with E-state index in [9.17, 15) is 9.32 Å². The summed E-state index contributed by atoms with van der Waals surface area (Å²) in [4.78, 5) is 13.3. The molecule has 2 N–H and O–H groups in total. The Morgan fingerprint density at radius 3 is 2.31 bits per heavy atom. The zero-order valence-corrected chi connectivity index (χ0v) is 6.48. The van der Waals surface area contributed by atoms with Gasteiger partial charge in [0.25, 0.3) is 5.79 Å². The van der Waals surface area contributed by atoms with Crippen molar-refractivity contribution in [2.45, 2.75) is 5.79 Å². The van der Waals surface area contributed by atoms with Gasteiger partial charge in [0.2, 0.25) is 0 Å². The number of rotatable bonds is 2. The van der Waals surface area contributed by atoms with Crippen LogP contribution in [0.2, 0.25) is 0 Å². The summed E-state index contributed by atoms with van der Waals surface area (Å²) in [5, 5.41) is 18.2. The van der Waals surface area contributed by atoms with Crippen LogP contribution in [0.4, 0.5) is 4.53 Å². The molecule has 70 valence electrons. The van der Waals surface area contributed by atoms with E-state index in [0.29, 0.717) is 0 Å². The fraction of sp³-hybridized carbons (Fsp3) is 0.125. The van der Waals surface area contributed by atoms with Crippen LogP contribution in [0.5, 0.6) is 0 Å². The third kappa shape index (κ3) is 1.82. The summed E-state index contributed by atoms with van der Waals surface area (Å²) < 4.78 is 11.4. The summed E-state index contributed by atoms with van der Waals surface area (Å²) in [6, 6.07) is 7.08. The van der Waals surface area contributed by atoms with Crippen molar-refractivity contribution in [2.75, 3.05) is 0 Å². The molecule has 13 heavy (non-hydrogen) atoms. The van der Waals surface area contributed by atoms with E-state index < -0.39 is 11.8 Å². The Hall–Kier alpha value is -1.46. The Balaban J connectivity index is 3.00. The maximum absolute atomic E-state index is 11.4. The standard InChI is InChI=1S/C8H7FO4/c9-13-7(10)8(11,12)6-4-2-1-3-5-6/h1-5,11-12H. The molecule has 0 saturated carbocycles. The first-order chi connectivity index (χ1) is 6.09. The minimum Gasteiger partial charge on any atom is -0.353 e. The molecule has 0 heterocycles. The van der Waals surface area contributed by atoms with Crippen molar-refractivity contribution in [1.82, 2.24) is 0 Å². The fourth-order valence-electron chi connectivity index (χ4n) is 0.842. The minimum atomic E-state index is -2.93. The molecule has 0 aliphatic heterocycles. The van der Waals surface area contributed by atoms with Crippen molar-refractivity contribution in [2.24, 2.45) is 0 Å². The Labute approximate surface area is 73.1 Å². The molecule has 1 aromatic carbocycles. The van der Waals surface area contributed by atoms with Gasteiger partial charge in [0.05, 0.1) is 0 Å². The number of halogens is 1. The lowest BCUT2D eigenvalue weighted by Crippen LogP contribution is -2.35. The van der Waals surface area contributed by atoms with Crippen LogP contribution in [-0.4, -0.2) is 16.2 Å². The van der Waals surface area contributed by atoms with Crippen molar-refractivity contribution in [3.8, 4) is 0 Å². The van der Waals surface area contributed by atoms with Crippen molar-refractivity contribution in [3.05, 3.63) is 35.9 Å². The molecule has 0 bridgehead atoms. The highest BCUT2D eigenvalue weighted by Gasteiger charge is 2.38. The van der Waals surface area contributed by atoms with Crippen LogP contribution in [0.1, 0.15) is 5.56 Å². The van der Waals surface area contributed by atoms with Crippen LogP contribution < -0.4 is 0 Å². The number of carbonyl (C=O) groups excluding carboxylic acids is 1. The van der Waals surface area contributed by atoms with E-state index in [4.69, 9.17) is 10.2 Å². The topological polar surface area (TPSA) is 66.8 Å². The van der Waals surface area contributed by atoms with Crippen LogP contribution in [0.15, 0.2) is 30.3 Å². The monoisotopic (exact) mass is 186 g/mol. The van der Waals surface area contributed by atoms with E-state index >= 15 is 0 Å². The van der Waals surface area contributed by atoms with Crippen LogP contribution in [0, 0.1) is 0 Å². The van der Waals surface area contributed by atoms with Crippen molar-refractivity contribution < 1.29 is 24.5 Å². The molecule has 0 fully saturated rings. The number of hydrogen-bond donors (Lipinski definition) is 2. The molecule has 4 nitrogen and oxygen atoms in total. The summed E-state index contributed by atoms with van der Waals surface area (Å²) in [5.41, 5.74) is -0.155. The van der Waals surface area contributed by atoms with Gasteiger partial charge in [-0.1, -0.05) is 30.3 Å². The average molecular weight is 186 g/mol. The number of aliphatic hydroxyl groups is 2. The molecular weight excluding hydrogens is 179 g/mol. The van der Waals surface area contributed by atoms with Gasteiger partial charge in [-0.2, -0.15) is 0 Å². The second kappa shape index (κ2) is 3.51. The zero-order valence-electron chi connectivity index (χ0n) is 6.48. The molecular formula is C8H7FO4. The lowest BCUT2D eigenvalue weighted by atomic mass is 10.1. The first kappa shape index (κ1) is 9.63. The Bertz CT molecular complexity index is 296. The zero-order chi connectivity index (χ0) is 9.90. The summed E-state index contributed by atoms with van der Waals surface area (Å²) in [6.07, 6.45) is 0. The predicted molar refractivity (Wildman–Crippen MR) is 39.8 cm³/mol. The van der Waals surface area contributed by atoms with Gasteiger partial charge in [-0.05, 0) is 0 Å². The molecule has 0 unspecified atom stereocenters. The number of benzene rings is 1. The van der Waals surface area contributed by atoms with Crippen molar-refractivity contribution in [3.63, 3.8) is 0 Å². The molecule has 0 aliphatic rings. The van der Waals surface area contributed by atoms with E-state index in [0.717, 1.165) is 0 Å². The highest BCUT2D eigenvalue weighted by Crippen LogP contribution is 2.18. The maximum atomic E-state index is 11.4. The van der Waals surface area contributed by atoms with Gasteiger partial charge >= 0.3 is 5.97 Å². The third-order valence-electron chi connectivity index (χ3n) is 1.53. The average Bonchev–Trinajstić information content (AvgIpc) is 2.18. The maximum Gasteiger partial charge on any atom is 0.412 e. The lowest BCUT2D eigenvalue weighted by molar-refractivity contribution is -0.245. The first-order valence-corrected chi connectivity index (χ1v) is 3.42. The number of carbonyl (C=O) groups is 1. The number of hydrogen-bond acceptors (Lipinski definition) is 4. The molecule has 1 aromatic rings. The lowest BCUT2D eigenvalue weighted by Gasteiger charge is -2.16. The third-order valence-corrected chi connectivity index (χ3v) is 1.53. The molecule has 0 saturated heterocycles. The van der Waals surface area contributed by atoms with Crippen molar-refractivity contribution >= 4 is 5.97 Å². The minimum absolute atomic E-state index is 0.155. The Kier molecular flexibility index (Phi) is 2.60. The van der Waals surface area contributed by atoms with Crippen LogP contribution >= 0.6 is 0 Å². The Morgan fingerprint density at radius 2 is 1.85 bits per heavy atom. The smallest absolute Gasteiger partial charge is 0.353 e. The molecule has 0 radical (unpaired) electrons.